The quantitative estimate of drug-likeness (QED) is 0.540. The van der Waals surface area contributed by atoms with Crippen LogP contribution in [0.2, 0.25) is 5.28 Å². The van der Waals surface area contributed by atoms with Gasteiger partial charge in [-0.05, 0) is 18.5 Å². The minimum atomic E-state index is 0.252. The van der Waals surface area contributed by atoms with E-state index >= 15 is 0 Å². The second kappa shape index (κ2) is 4.80. The Morgan fingerprint density at radius 1 is 1.62 bits per heavy atom. The first-order chi connectivity index (χ1) is 6.24. The lowest BCUT2D eigenvalue weighted by Gasteiger charge is -1.95. The Labute approximate surface area is 82.3 Å². The van der Waals surface area contributed by atoms with E-state index in [1.807, 2.05) is 6.92 Å². The standard InChI is InChI=1S/C9H10ClN3/c1-7-8(4-2-3-5-11)6-12-9(10)13-7/h6H,3,5,11H2,1H3. The Balaban J connectivity index is 2.85. The van der Waals surface area contributed by atoms with Gasteiger partial charge in [0.1, 0.15) is 0 Å². The third-order valence-electron chi connectivity index (χ3n) is 1.44. The molecule has 1 aromatic heterocycles. The van der Waals surface area contributed by atoms with Crippen molar-refractivity contribution in [1.29, 1.82) is 0 Å². The SMILES string of the molecule is Cc1nc(Cl)ncc1C#CCCN. The summed E-state index contributed by atoms with van der Waals surface area (Å²) >= 11 is 5.59. The van der Waals surface area contributed by atoms with Crippen LogP contribution in [0.15, 0.2) is 6.20 Å². The van der Waals surface area contributed by atoms with Gasteiger partial charge in [0, 0.05) is 19.2 Å². The number of hydrogen-bond donors (Lipinski definition) is 1. The first-order valence-corrected chi connectivity index (χ1v) is 4.30. The van der Waals surface area contributed by atoms with E-state index in [0.29, 0.717) is 13.0 Å². The van der Waals surface area contributed by atoms with Gasteiger partial charge in [-0.2, -0.15) is 0 Å². The molecule has 3 nitrogen and oxygen atoms in total. The number of nitrogens with zero attached hydrogens (tertiary/aromatic N) is 2. The Bertz CT molecular complexity index is 352. The third kappa shape index (κ3) is 3.02. The number of hydrogen-bond acceptors (Lipinski definition) is 3. The Morgan fingerprint density at radius 2 is 2.38 bits per heavy atom. The summed E-state index contributed by atoms with van der Waals surface area (Å²) in [6.45, 7) is 2.42. The van der Waals surface area contributed by atoms with Gasteiger partial charge in [0.15, 0.2) is 0 Å². The monoisotopic (exact) mass is 195 g/mol. The molecule has 0 bridgehead atoms. The summed E-state index contributed by atoms with van der Waals surface area (Å²) in [5.74, 6) is 5.84. The van der Waals surface area contributed by atoms with Gasteiger partial charge in [-0.25, -0.2) is 9.97 Å². The molecule has 0 aliphatic heterocycles. The molecule has 0 amide bonds. The zero-order chi connectivity index (χ0) is 9.68. The van der Waals surface area contributed by atoms with Crippen molar-refractivity contribution >= 4 is 11.6 Å². The number of nitrogens with two attached hydrogens (primary N) is 1. The normalized spacial score (nSPS) is 9.15. The second-order valence-electron chi connectivity index (χ2n) is 2.48. The van der Waals surface area contributed by atoms with Crippen molar-refractivity contribution in [3.8, 4) is 11.8 Å². The predicted molar refractivity (Wildman–Crippen MR) is 52.3 cm³/mol. The van der Waals surface area contributed by atoms with Crippen LogP contribution in [0.5, 0.6) is 0 Å². The van der Waals surface area contributed by atoms with Gasteiger partial charge in [0.05, 0.1) is 11.3 Å². The number of rotatable bonds is 1. The van der Waals surface area contributed by atoms with E-state index in [2.05, 4.69) is 21.8 Å². The van der Waals surface area contributed by atoms with Crippen molar-refractivity contribution in [2.75, 3.05) is 6.54 Å². The van der Waals surface area contributed by atoms with Gasteiger partial charge in [-0.1, -0.05) is 11.8 Å². The van der Waals surface area contributed by atoms with E-state index < -0.39 is 0 Å². The predicted octanol–water partition coefficient (Wildman–Crippen LogP) is 1.14. The molecule has 1 rings (SSSR count). The maximum absolute atomic E-state index is 5.59. The maximum atomic E-state index is 5.59. The van der Waals surface area contributed by atoms with Crippen LogP contribution < -0.4 is 5.73 Å². The van der Waals surface area contributed by atoms with E-state index in [9.17, 15) is 0 Å². The van der Waals surface area contributed by atoms with E-state index in [4.69, 9.17) is 17.3 Å². The van der Waals surface area contributed by atoms with Crippen molar-refractivity contribution in [2.24, 2.45) is 5.73 Å². The average Bonchev–Trinajstić information content (AvgIpc) is 2.09. The van der Waals surface area contributed by atoms with Gasteiger partial charge < -0.3 is 5.73 Å². The number of halogens is 1. The average molecular weight is 196 g/mol. The summed E-state index contributed by atoms with van der Waals surface area (Å²) in [6.07, 6.45) is 2.30. The summed E-state index contributed by atoms with van der Waals surface area (Å²) in [4.78, 5) is 7.81. The van der Waals surface area contributed by atoms with Crippen LogP contribution in [-0.4, -0.2) is 16.5 Å². The molecule has 1 aromatic rings. The molecule has 0 fully saturated rings. The fourth-order valence-corrected chi connectivity index (χ4v) is 0.967. The highest BCUT2D eigenvalue weighted by molar-refractivity contribution is 6.28. The van der Waals surface area contributed by atoms with Crippen LogP contribution in [0, 0.1) is 18.8 Å². The van der Waals surface area contributed by atoms with E-state index in [1.165, 1.54) is 0 Å². The molecule has 0 aliphatic rings. The fourth-order valence-electron chi connectivity index (χ4n) is 0.791. The van der Waals surface area contributed by atoms with Crippen molar-refractivity contribution in [1.82, 2.24) is 9.97 Å². The highest BCUT2D eigenvalue weighted by atomic mass is 35.5. The zero-order valence-corrected chi connectivity index (χ0v) is 8.10. The first kappa shape index (κ1) is 9.97. The van der Waals surface area contributed by atoms with E-state index in [0.717, 1.165) is 11.3 Å². The highest BCUT2D eigenvalue weighted by Gasteiger charge is 1.97. The summed E-state index contributed by atoms with van der Waals surface area (Å²) in [5, 5.41) is 0.252. The lowest BCUT2D eigenvalue weighted by Crippen LogP contribution is -1.96. The van der Waals surface area contributed by atoms with Crippen molar-refractivity contribution in [2.45, 2.75) is 13.3 Å². The van der Waals surface area contributed by atoms with Crippen LogP contribution in [0.1, 0.15) is 17.7 Å². The molecular weight excluding hydrogens is 186 g/mol. The van der Waals surface area contributed by atoms with Crippen molar-refractivity contribution in [3.05, 3.63) is 22.7 Å². The fraction of sp³-hybridized carbons (Fsp3) is 0.333. The molecule has 68 valence electrons. The molecule has 4 heteroatoms. The van der Waals surface area contributed by atoms with Crippen molar-refractivity contribution in [3.63, 3.8) is 0 Å². The van der Waals surface area contributed by atoms with Gasteiger partial charge in [-0.3, -0.25) is 0 Å². The molecule has 13 heavy (non-hydrogen) atoms. The first-order valence-electron chi connectivity index (χ1n) is 3.92. The minimum Gasteiger partial charge on any atom is -0.330 e. The largest absolute Gasteiger partial charge is 0.330 e. The Hall–Kier alpha value is -1.11. The lowest BCUT2D eigenvalue weighted by molar-refractivity contribution is 1.03. The lowest BCUT2D eigenvalue weighted by atomic mass is 10.2. The zero-order valence-electron chi connectivity index (χ0n) is 7.34. The van der Waals surface area contributed by atoms with Gasteiger partial charge >= 0.3 is 0 Å². The number of aryl methyl sites for hydroxylation is 1. The van der Waals surface area contributed by atoms with Crippen LogP contribution in [0.4, 0.5) is 0 Å². The van der Waals surface area contributed by atoms with Crippen LogP contribution in [0.3, 0.4) is 0 Å². The summed E-state index contributed by atoms with van der Waals surface area (Å²) in [6, 6.07) is 0. The third-order valence-corrected chi connectivity index (χ3v) is 1.62. The molecule has 0 atom stereocenters. The van der Waals surface area contributed by atoms with Gasteiger partial charge in [0.25, 0.3) is 0 Å². The number of aromatic nitrogens is 2. The second-order valence-corrected chi connectivity index (χ2v) is 2.82. The summed E-state index contributed by atoms with van der Waals surface area (Å²) < 4.78 is 0. The van der Waals surface area contributed by atoms with E-state index in [-0.39, 0.29) is 5.28 Å². The highest BCUT2D eigenvalue weighted by Crippen LogP contribution is 2.05. The maximum Gasteiger partial charge on any atom is 0.222 e. The van der Waals surface area contributed by atoms with Crippen molar-refractivity contribution < 1.29 is 0 Å². The van der Waals surface area contributed by atoms with Crippen LogP contribution >= 0.6 is 11.6 Å². The summed E-state index contributed by atoms with van der Waals surface area (Å²) in [5.41, 5.74) is 6.90. The molecule has 0 radical (unpaired) electrons. The Morgan fingerprint density at radius 3 is 3.00 bits per heavy atom. The molecule has 2 N–H and O–H groups in total. The van der Waals surface area contributed by atoms with E-state index in [1.54, 1.807) is 6.20 Å². The van der Waals surface area contributed by atoms with Crippen LogP contribution in [-0.2, 0) is 0 Å². The minimum absolute atomic E-state index is 0.252. The smallest absolute Gasteiger partial charge is 0.222 e. The van der Waals surface area contributed by atoms with Gasteiger partial charge in [0.2, 0.25) is 5.28 Å². The molecule has 0 saturated carbocycles. The van der Waals surface area contributed by atoms with Crippen LogP contribution in [0.25, 0.3) is 0 Å². The molecular formula is C9H10ClN3. The molecule has 0 saturated heterocycles. The molecule has 1 heterocycles. The summed E-state index contributed by atoms with van der Waals surface area (Å²) in [7, 11) is 0. The topological polar surface area (TPSA) is 51.8 Å². The molecule has 0 unspecified atom stereocenters. The molecule has 0 spiro atoms. The molecule has 0 aliphatic carbocycles. The Kier molecular flexibility index (Phi) is 3.69. The van der Waals surface area contributed by atoms with Gasteiger partial charge in [-0.15, -0.1) is 0 Å². The molecule has 0 aromatic carbocycles.